The van der Waals surface area contributed by atoms with E-state index in [1.165, 1.54) is 0 Å². The van der Waals surface area contributed by atoms with Crippen molar-refractivity contribution in [3.05, 3.63) is 60.2 Å². The number of hydrogen-bond donors (Lipinski definition) is 2. The van der Waals surface area contributed by atoms with Gasteiger partial charge in [0.05, 0.1) is 6.42 Å². The fourth-order valence-corrected chi connectivity index (χ4v) is 2.60. The van der Waals surface area contributed by atoms with E-state index in [-0.39, 0.29) is 11.8 Å². The molecule has 0 fully saturated rings. The molecule has 2 amide bonds. The first-order valence-corrected chi connectivity index (χ1v) is 8.91. The Morgan fingerprint density at radius 1 is 0.800 bits per heavy atom. The topological polar surface area (TPSA) is 58.2 Å². The summed E-state index contributed by atoms with van der Waals surface area (Å²) in [6.07, 6.45) is 5.18. The summed E-state index contributed by atoms with van der Waals surface area (Å²) in [6, 6.07) is 16.9. The average molecular weight is 338 g/mol. The number of amides is 2. The Morgan fingerprint density at radius 2 is 1.48 bits per heavy atom. The smallest absolute Gasteiger partial charge is 0.228 e. The molecule has 2 aromatic rings. The van der Waals surface area contributed by atoms with Gasteiger partial charge in [0.2, 0.25) is 11.8 Å². The average Bonchev–Trinajstić information content (AvgIpc) is 2.60. The van der Waals surface area contributed by atoms with Crippen molar-refractivity contribution in [3.63, 3.8) is 0 Å². The number of anilines is 2. The van der Waals surface area contributed by atoms with Gasteiger partial charge in [0, 0.05) is 17.8 Å². The molecule has 4 nitrogen and oxygen atoms in total. The monoisotopic (exact) mass is 338 g/mol. The lowest BCUT2D eigenvalue weighted by atomic mass is 10.1. The van der Waals surface area contributed by atoms with Crippen molar-refractivity contribution in [2.75, 3.05) is 10.6 Å². The van der Waals surface area contributed by atoms with Gasteiger partial charge in [-0.1, -0.05) is 62.6 Å². The van der Waals surface area contributed by atoms with Crippen LogP contribution in [0, 0.1) is 0 Å². The number of carbonyl (C=O) groups excluding carboxylic acids is 2. The summed E-state index contributed by atoms with van der Waals surface area (Å²) in [7, 11) is 0. The molecule has 0 unspecified atom stereocenters. The summed E-state index contributed by atoms with van der Waals surface area (Å²) in [5.74, 6) is -0.0573. The molecule has 0 aliphatic rings. The van der Waals surface area contributed by atoms with Crippen LogP contribution in [0.25, 0.3) is 0 Å². The second-order valence-electron chi connectivity index (χ2n) is 6.15. The van der Waals surface area contributed by atoms with Gasteiger partial charge in [0.15, 0.2) is 0 Å². The van der Waals surface area contributed by atoms with Crippen LogP contribution in [0.15, 0.2) is 54.6 Å². The molecule has 0 radical (unpaired) electrons. The summed E-state index contributed by atoms with van der Waals surface area (Å²) in [5, 5.41) is 5.77. The number of hydrogen-bond acceptors (Lipinski definition) is 2. The predicted molar refractivity (Wildman–Crippen MR) is 103 cm³/mol. The maximum atomic E-state index is 12.1. The molecule has 2 N–H and O–H groups in total. The Kier molecular flexibility index (Phi) is 7.70. The van der Waals surface area contributed by atoms with Crippen LogP contribution < -0.4 is 10.6 Å². The highest BCUT2D eigenvalue weighted by Gasteiger charge is 2.06. The Labute approximate surface area is 149 Å². The number of unbranched alkanes of at least 4 members (excludes halogenated alkanes) is 3. The van der Waals surface area contributed by atoms with E-state index in [1.54, 1.807) is 6.07 Å². The zero-order valence-electron chi connectivity index (χ0n) is 14.8. The van der Waals surface area contributed by atoms with E-state index in [4.69, 9.17) is 0 Å². The highest BCUT2D eigenvalue weighted by molar-refractivity contribution is 5.94. The van der Waals surface area contributed by atoms with Crippen molar-refractivity contribution in [2.24, 2.45) is 0 Å². The quantitative estimate of drug-likeness (QED) is 0.647. The van der Waals surface area contributed by atoms with Gasteiger partial charge in [-0.05, 0) is 30.2 Å². The number of benzene rings is 2. The molecule has 0 aromatic heterocycles. The van der Waals surface area contributed by atoms with Gasteiger partial charge < -0.3 is 10.6 Å². The minimum atomic E-state index is -0.0748. The lowest BCUT2D eigenvalue weighted by molar-refractivity contribution is -0.116. The Hall–Kier alpha value is -2.62. The SMILES string of the molecule is CCCCCCC(=O)Nc1cccc(NC(=O)Cc2ccccc2)c1. The number of rotatable bonds is 9. The maximum absolute atomic E-state index is 12.1. The second-order valence-corrected chi connectivity index (χ2v) is 6.15. The molecule has 4 heteroatoms. The van der Waals surface area contributed by atoms with Crippen molar-refractivity contribution < 1.29 is 9.59 Å². The van der Waals surface area contributed by atoms with Crippen LogP contribution in [0.2, 0.25) is 0 Å². The van der Waals surface area contributed by atoms with E-state index >= 15 is 0 Å². The van der Waals surface area contributed by atoms with Gasteiger partial charge in [0.25, 0.3) is 0 Å². The largest absolute Gasteiger partial charge is 0.326 e. The summed E-state index contributed by atoms with van der Waals surface area (Å²) in [5.41, 5.74) is 2.36. The van der Waals surface area contributed by atoms with Crippen LogP contribution in [0.3, 0.4) is 0 Å². The van der Waals surface area contributed by atoms with E-state index in [0.29, 0.717) is 24.2 Å². The minimum Gasteiger partial charge on any atom is -0.326 e. The predicted octanol–water partition coefficient (Wildman–Crippen LogP) is 4.78. The third kappa shape index (κ3) is 7.21. The molecule has 0 spiro atoms. The van der Waals surface area contributed by atoms with Crippen LogP contribution in [0.5, 0.6) is 0 Å². The van der Waals surface area contributed by atoms with Crippen molar-refractivity contribution in [2.45, 2.75) is 45.4 Å². The van der Waals surface area contributed by atoms with Gasteiger partial charge in [-0.3, -0.25) is 9.59 Å². The maximum Gasteiger partial charge on any atom is 0.228 e. The van der Waals surface area contributed by atoms with E-state index < -0.39 is 0 Å². The second kappa shape index (κ2) is 10.3. The summed E-state index contributed by atoms with van der Waals surface area (Å²) >= 11 is 0. The van der Waals surface area contributed by atoms with Gasteiger partial charge in [-0.15, -0.1) is 0 Å². The van der Waals surface area contributed by atoms with Gasteiger partial charge >= 0.3 is 0 Å². The Bertz CT molecular complexity index is 683. The molecular weight excluding hydrogens is 312 g/mol. The summed E-state index contributed by atoms with van der Waals surface area (Å²) in [4.78, 5) is 24.1. The number of nitrogens with one attached hydrogen (secondary N) is 2. The van der Waals surface area contributed by atoms with Crippen LogP contribution in [0.1, 0.15) is 44.6 Å². The van der Waals surface area contributed by atoms with E-state index in [2.05, 4.69) is 17.6 Å². The third-order valence-electron chi connectivity index (χ3n) is 3.89. The van der Waals surface area contributed by atoms with E-state index in [0.717, 1.165) is 31.2 Å². The Balaban J connectivity index is 1.83. The van der Waals surface area contributed by atoms with Gasteiger partial charge in [0.1, 0.15) is 0 Å². The van der Waals surface area contributed by atoms with E-state index in [9.17, 15) is 9.59 Å². The zero-order chi connectivity index (χ0) is 17.9. The highest BCUT2D eigenvalue weighted by atomic mass is 16.2. The lowest BCUT2D eigenvalue weighted by Crippen LogP contribution is -2.15. The number of carbonyl (C=O) groups is 2. The molecule has 0 bridgehead atoms. The van der Waals surface area contributed by atoms with Crippen molar-refractivity contribution in [3.8, 4) is 0 Å². The molecule has 132 valence electrons. The molecule has 25 heavy (non-hydrogen) atoms. The molecule has 0 heterocycles. The first-order chi connectivity index (χ1) is 12.2. The normalized spacial score (nSPS) is 10.3. The lowest BCUT2D eigenvalue weighted by Gasteiger charge is -2.09. The summed E-state index contributed by atoms with van der Waals surface area (Å²) < 4.78 is 0. The highest BCUT2D eigenvalue weighted by Crippen LogP contribution is 2.16. The molecule has 2 aromatic carbocycles. The molecule has 2 rings (SSSR count). The van der Waals surface area contributed by atoms with Crippen LogP contribution in [-0.4, -0.2) is 11.8 Å². The first-order valence-electron chi connectivity index (χ1n) is 8.91. The standard InChI is InChI=1S/C21H26N2O2/c1-2-3-4-8-14-20(24)22-18-12-9-13-19(16-18)23-21(25)15-17-10-6-5-7-11-17/h5-7,9-13,16H,2-4,8,14-15H2,1H3,(H,22,24)(H,23,25). The van der Waals surface area contributed by atoms with Crippen LogP contribution in [0.4, 0.5) is 11.4 Å². The molecule has 0 aliphatic carbocycles. The zero-order valence-corrected chi connectivity index (χ0v) is 14.8. The fraction of sp³-hybridized carbons (Fsp3) is 0.333. The van der Waals surface area contributed by atoms with Crippen molar-refractivity contribution in [1.29, 1.82) is 0 Å². The van der Waals surface area contributed by atoms with Crippen LogP contribution >= 0.6 is 0 Å². The van der Waals surface area contributed by atoms with E-state index in [1.807, 2.05) is 48.5 Å². The summed E-state index contributed by atoms with van der Waals surface area (Å²) in [6.45, 7) is 2.15. The van der Waals surface area contributed by atoms with Crippen molar-refractivity contribution >= 4 is 23.2 Å². The van der Waals surface area contributed by atoms with Gasteiger partial charge in [-0.2, -0.15) is 0 Å². The molecular formula is C21H26N2O2. The third-order valence-corrected chi connectivity index (χ3v) is 3.89. The Morgan fingerprint density at radius 3 is 2.16 bits per heavy atom. The molecule has 0 saturated carbocycles. The fourth-order valence-electron chi connectivity index (χ4n) is 2.60. The minimum absolute atomic E-state index is 0.0175. The van der Waals surface area contributed by atoms with Crippen molar-refractivity contribution in [1.82, 2.24) is 0 Å². The van der Waals surface area contributed by atoms with Crippen LogP contribution in [-0.2, 0) is 16.0 Å². The first kappa shape index (κ1) is 18.7. The molecule has 0 aliphatic heterocycles. The van der Waals surface area contributed by atoms with Gasteiger partial charge in [-0.25, -0.2) is 0 Å². The molecule has 0 atom stereocenters. The molecule has 0 saturated heterocycles.